The summed E-state index contributed by atoms with van der Waals surface area (Å²) in [7, 11) is -3.60. The standard InChI is InChI=1S/C26H32N4O3S/c1-18-6-5-7-19(2)30(18)26(31)21-10-12-22(13-11-21)34(32,33)29-16-14-20(15-17-29)25-27-23-8-3-4-9-24(23)28-25/h3-4,8-13,18-20H,5-7,14-17H2,1-2H3,(H,27,28)/t18-,19-/m1/s1. The number of nitrogens with zero attached hydrogens (tertiary/aromatic N) is 3. The maximum Gasteiger partial charge on any atom is 0.254 e. The van der Waals surface area contributed by atoms with Crippen LogP contribution in [0, 0.1) is 0 Å². The molecule has 1 aromatic heterocycles. The minimum absolute atomic E-state index is 0.0182. The third-order valence-corrected chi connectivity index (χ3v) is 9.33. The lowest BCUT2D eigenvalue weighted by Crippen LogP contribution is -2.47. The molecule has 1 N–H and O–H groups in total. The summed E-state index contributed by atoms with van der Waals surface area (Å²) in [6, 6.07) is 14.8. The van der Waals surface area contributed by atoms with Crippen LogP contribution in [0.25, 0.3) is 11.0 Å². The van der Waals surface area contributed by atoms with Crippen molar-refractivity contribution >= 4 is 27.0 Å². The molecule has 2 aliphatic rings. The summed E-state index contributed by atoms with van der Waals surface area (Å²) < 4.78 is 28.1. The number of imidazole rings is 1. The number of piperidine rings is 2. The molecule has 0 bridgehead atoms. The number of likely N-dealkylation sites (tertiary alicyclic amines) is 1. The molecule has 3 heterocycles. The van der Waals surface area contributed by atoms with Crippen LogP contribution >= 0.6 is 0 Å². The highest BCUT2D eigenvalue weighted by Gasteiger charge is 2.32. The van der Waals surface area contributed by atoms with Crippen molar-refractivity contribution < 1.29 is 13.2 Å². The normalized spacial score (nSPS) is 22.8. The first kappa shape index (κ1) is 23.1. The van der Waals surface area contributed by atoms with E-state index in [9.17, 15) is 13.2 Å². The van der Waals surface area contributed by atoms with E-state index >= 15 is 0 Å². The Balaban J connectivity index is 1.26. The molecule has 2 aliphatic heterocycles. The quantitative estimate of drug-likeness (QED) is 0.594. The molecule has 3 aromatic rings. The second kappa shape index (κ2) is 9.15. The number of para-hydroxylation sites is 2. The van der Waals surface area contributed by atoms with Crippen molar-refractivity contribution in [3.63, 3.8) is 0 Å². The highest BCUT2D eigenvalue weighted by atomic mass is 32.2. The van der Waals surface area contributed by atoms with Gasteiger partial charge in [0.05, 0.1) is 15.9 Å². The Morgan fingerprint density at radius 3 is 2.24 bits per heavy atom. The molecule has 0 saturated carbocycles. The summed E-state index contributed by atoms with van der Waals surface area (Å²) in [4.78, 5) is 23.3. The molecule has 7 nitrogen and oxygen atoms in total. The number of carbonyl (C=O) groups is 1. The number of aromatic nitrogens is 2. The third-order valence-electron chi connectivity index (χ3n) is 7.42. The van der Waals surface area contributed by atoms with Crippen LogP contribution in [0.3, 0.4) is 0 Å². The van der Waals surface area contributed by atoms with Crippen molar-refractivity contribution in [2.45, 2.75) is 68.8 Å². The number of H-pyrrole nitrogens is 1. The van der Waals surface area contributed by atoms with E-state index in [0.29, 0.717) is 18.7 Å². The summed E-state index contributed by atoms with van der Waals surface area (Å²) in [5, 5.41) is 0. The van der Waals surface area contributed by atoms with Gasteiger partial charge in [-0.1, -0.05) is 12.1 Å². The molecule has 2 saturated heterocycles. The number of nitrogens with one attached hydrogen (secondary N) is 1. The number of benzene rings is 2. The van der Waals surface area contributed by atoms with E-state index in [-0.39, 0.29) is 28.8 Å². The number of sulfonamides is 1. The van der Waals surface area contributed by atoms with E-state index in [4.69, 9.17) is 4.98 Å². The van der Waals surface area contributed by atoms with Gasteiger partial charge in [-0.2, -0.15) is 4.31 Å². The summed E-state index contributed by atoms with van der Waals surface area (Å²) in [5.41, 5.74) is 2.49. The van der Waals surface area contributed by atoms with Gasteiger partial charge in [0, 0.05) is 36.7 Å². The predicted octanol–water partition coefficient (Wildman–Crippen LogP) is 4.53. The molecule has 2 aromatic carbocycles. The number of hydrogen-bond donors (Lipinski definition) is 1. The highest BCUT2D eigenvalue weighted by Crippen LogP contribution is 2.31. The number of amides is 1. The zero-order valence-electron chi connectivity index (χ0n) is 19.8. The average Bonchev–Trinajstić information content (AvgIpc) is 3.28. The van der Waals surface area contributed by atoms with Crippen LogP contribution in [0.4, 0.5) is 0 Å². The van der Waals surface area contributed by atoms with Gasteiger partial charge in [-0.25, -0.2) is 13.4 Å². The Bertz CT molecular complexity index is 1230. The second-order valence-electron chi connectivity index (χ2n) is 9.68. The largest absolute Gasteiger partial charge is 0.342 e. The Morgan fingerprint density at radius 1 is 0.941 bits per heavy atom. The molecule has 2 fully saturated rings. The number of hydrogen-bond acceptors (Lipinski definition) is 4. The first-order valence-corrected chi connectivity index (χ1v) is 13.7. The highest BCUT2D eigenvalue weighted by molar-refractivity contribution is 7.89. The van der Waals surface area contributed by atoms with E-state index in [1.165, 1.54) is 0 Å². The molecule has 34 heavy (non-hydrogen) atoms. The SMILES string of the molecule is C[C@@H]1CCC[C@@H](C)N1C(=O)c1ccc(S(=O)(=O)N2CCC(c3nc4ccccc4[nH]3)CC2)cc1. The fourth-order valence-electron chi connectivity index (χ4n) is 5.42. The lowest BCUT2D eigenvalue weighted by Gasteiger charge is -2.39. The zero-order valence-corrected chi connectivity index (χ0v) is 20.6. The lowest BCUT2D eigenvalue weighted by molar-refractivity contribution is 0.0510. The number of rotatable bonds is 4. The average molecular weight is 481 g/mol. The number of carbonyl (C=O) groups excluding carboxylic acids is 1. The van der Waals surface area contributed by atoms with Crippen molar-refractivity contribution in [2.75, 3.05) is 13.1 Å². The zero-order chi connectivity index (χ0) is 23.9. The van der Waals surface area contributed by atoms with Gasteiger partial charge in [-0.05, 0) is 82.3 Å². The van der Waals surface area contributed by atoms with E-state index in [2.05, 4.69) is 18.8 Å². The van der Waals surface area contributed by atoms with Crippen LogP contribution in [0.2, 0.25) is 0 Å². The molecule has 0 spiro atoms. The summed E-state index contributed by atoms with van der Waals surface area (Å²) in [6.45, 7) is 5.07. The number of aromatic amines is 1. The van der Waals surface area contributed by atoms with Crippen molar-refractivity contribution in [3.8, 4) is 0 Å². The van der Waals surface area contributed by atoms with E-state index in [1.807, 2.05) is 29.2 Å². The van der Waals surface area contributed by atoms with Crippen LogP contribution in [0.15, 0.2) is 53.4 Å². The summed E-state index contributed by atoms with van der Waals surface area (Å²) in [5.74, 6) is 1.13. The minimum atomic E-state index is -3.60. The van der Waals surface area contributed by atoms with Crippen LogP contribution in [-0.4, -0.2) is 58.7 Å². The molecular formula is C26H32N4O3S. The molecule has 5 rings (SSSR count). The first-order chi connectivity index (χ1) is 16.3. The molecule has 0 unspecified atom stereocenters. The summed E-state index contributed by atoms with van der Waals surface area (Å²) >= 11 is 0. The molecular weight excluding hydrogens is 448 g/mol. The Labute approximate surface area is 201 Å². The molecule has 0 aliphatic carbocycles. The van der Waals surface area contributed by atoms with E-state index < -0.39 is 10.0 Å². The predicted molar refractivity (Wildman–Crippen MR) is 132 cm³/mol. The van der Waals surface area contributed by atoms with Crippen molar-refractivity contribution in [2.24, 2.45) is 0 Å². The van der Waals surface area contributed by atoms with Gasteiger partial charge >= 0.3 is 0 Å². The lowest BCUT2D eigenvalue weighted by atomic mass is 9.96. The maximum atomic E-state index is 13.3. The van der Waals surface area contributed by atoms with Crippen molar-refractivity contribution in [1.29, 1.82) is 0 Å². The smallest absolute Gasteiger partial charge is 0.254 e. The van der Waals surface area contributed by atoms with Crippen LogP contribution in [0.1, 0.15) is 68.1 Å². The van der Waals surface area contributed by atoms with E-state index in [0.717, 1.165) is 49.0 Å². The molecule has 180 valence electrons. The van der Waals surface area contributed by atoms with Gasteiger partial charge in [0.15, 0.2) is 0 Å². The maximum absolute atomic E-state index is 13.3. The van der Waals surface area contributed by atoms with Crippen molar-refractivity contribution in [1.82, 2.24) is 19.2 Å². The van der Waals surface area contributed by atoms with Crippen LogP contribution in [0.5, 0.6) is 0 Å². The fraction of sp³-hybridized carbons (Fsp3) is 0.462. The Hall–Kier alpha value is -2.71. The number of fused-ring (bicyclic) bond motifs is 1. The topological polar surface area (TPSA) is 86.4 Å². The van der Waals surface area contributed by atoms with Gasteiger partial charge in [-0.3, -0.25) is 4.79 Å². The minimum Gasteiger partial charge on any atom is -0.342 e. The van der Waals surface area contributed by atoms with Gasteiger partial charge < -0.3 is 9.88 Å². The second-order valence-corrected chi connectivity index (χ2v) is 11.6. The molecule has 2 atom stereocenters. The molecule has 8 heteroatoms. The molecule has 0 radical (unpaired) electrons. The van der Waals surface area contributed by atoms with Gasteiger partial charge in [0.1, 0.15) is 5.82 Å². The first-order valence-electron chi connectivity index (χ1n) is 12.2. The fourth-order valence-corrected chi connectivity index (χ4v) is 6.89. The Morgan fingerprint density at radius 2 is 1.59 bits per heavy atom. The van der Waals surface area contributed by atoms with Gasteiger partial charge in [0.2, 0.25) is 10.0 Å². The Kier molecular flexibility index (Phi) is 6.20. The monoisotopic (exact) mass is 480 g/mol. The third kappa shape index (κ3) is 4.25. The van der Waals surface area contributed by atoms with Crippen molar-refractivity contribution in [3.05, 3.63) is 59.9 Å². The van der Waals surface area contributed by atoms with Crippen LogP contribution < -0.4 is 0 Å². The summed E-state index contributed by atoms with van der Waals surface area (Å²) in [6.07, 6.45) is 4.59. The molecule has 1 amide bonds. The van der Waals surface area contributed by atoms with Crippen LogP contribution in [-0.2, 0) is 10.0 Å². The van der Waals surface area contributed by atoms with Gasteiger partial charge in [0.25, 0.3) is 5.91 Å². The van der Waals surface area contributed by atoms with Gasteiger partial charge in [-0.15, -0.1) is 0 Å². The van der Waals surface area contributed by atoms with E-state index in [1.54, 1.807) is 28.6 Å².